The molecule has 2 nitrogen and oxygen atoms in total. The summed E-state index contributed by atoms with van der Waals surface area (Å²) in [6.45, 7) is 4.54. The van der Waals surface area contributed by atoms with Crippen LogP contribution in [0.1, 0.15) is 30.6 Å². The van der Waals surface area contributed by atoms with E-state index in [9.17, 15) is 5.11 Å². The van der Waals surface area contributed by atoms with Crippen molar-refractivity contribution in [1.29, 1.82) is 0 Å². The van der Waals surface area contributed by atoms with Crippen LogP contribution in [0.25, 0.3) is 0 Å². The number of rotatable bonds is 6. The van der Waals surface area contributed by atoms with Gasteiger partial charge in [-0.3, -0.25) is 0 Å². The maximum Gasteiger partial charge on any atom is 0.122 e. The van der Waals surface area contributed by atoms with Gasteiger partial charge in [0.25, 0.3) is 0 Å². The van der Waals surface area contributed by atoms with Crippen LogP contribution >= 0.6 is 11.8 Å². The van der Waals surface area contributed by atoms with E-state index in [-0.39, 0.29) is 0 Å². The van der Waals surface area contributed by atoms with Crippen molar-refractivity contribution in [3.8, 4) is 5.75 Å². The summed E-state index contributed by atoms with van der Waals surface area (Å²) in [5.41, 5.74) is 2.02. The minimum atomic E-state index is -0.413. The molecule has 0 aliphatic rings. The Balaban J connectivity index is 2.54. The van der Waals surface area contributed by atoms with Gasteiger partial charge in [0.15, 0.2) is 0 Å². The molecule has 0 saturated heterocycles. The molecule has 0 heterocycles. The van der Waals surface area contributed by atoms with E-state index < -0.39 is 6.10 Å². The highest BCUT2D eigenvalue weighted by atomic mass is 32.2. The van der Waals surface area contributed by atoms with Crippen molar-refractivity contribution in [3.05, 3.63) is 29.3 Å². The Morgan fingerprint density at radius 2 is 2.19 bits per heavy atom. The number of hydrogen-bond acceptors (Lipinski definition) is 3. The van der Waals surface area contributed by atoms with Crippen LogP contribution in [-0.2, 0) is 0 Å². The zero-order valence-electron chi connectivity index (χ0n) is 10.2. The third kappa shape index (κ3) is 4.06. The van der Waals surface area contributed by atoms with E-state index in [2.05, 4.69) is 6.26 Å². The molecule has 1 N–H and O–H groups in total. The lowest BCUT2D eigenvalue weighted by atomic mass is 10.1. The summed E-state index contributed by atoms with van der Waals surface area (Å²) in [5.74, 6) is 2.05. The number of aliphatic hydroxyl groups excluding tert-OH is 1. The smallest absolute Gasteiger partial charge is 0.122 e. The molecule has 0 aliphatic heterocycles. The summed E-state index contributed by atoms with van der Waals surface area (Å²) in [4.78, 5) is 0. The lowest BCUT2D eigenvalue weighted by Crippen LogP contribution is -2.01. The molecule has 1 aromatic rings. The van der Waals surface area contributed by atoms with Crippen molar-refractivity contribution in [2.24, 2.45) is 0 Å². The average molecular weight is 240 g/mol. The van der Waals surface area contributed by atoms with E-state index in [0.717, 1.165) is 35.7 Å². The minimum Gasteiger partial charge on any atom is -0.493 e. The molecule has 0 spiro atoms. The molecule has 1 rings (SSSR count). The Labute approximate surface area is 102 Å². The molecule has 0 saturated carbocycles. The van der Waals surface area contributed by atoms with Gasteiger partial charge >= 0.3 is 0 Å². The molecular weight excluding hydrogens is 220 g/mol. The summed E-state index contributed by atoms with van der Waals surface area (Å²) in [6.07, 6.45) is 2.76. The number of ether oxygens (including phenoxy) is 1. The van der Waals surface area contributed by atoms with Crippen molar-refractivity contribution < 1.29 is 9.84 Å². The second-order valence-corrected chi connectivity index (χ2v) is 4.88. The fourth-order valence-corrected chi connectivity index (χ4v) is 1.89. The molecule has 16 heavy (non-hydrogen) atoms. The highest BCUT2D eigenvalue weighted by molar-refractivity contribution is 7.98. The Morgan fingerprint density at radius 1 is 1.44 bits per heavy atom. The van der Waals surface area contributed by atoms with Gasteiger partial charge in [-0.1, -0.05) is 6.07 Å². The van der Waals surface area contributed by atoms with Gasteiger partial charge < -0.3 is 9.84 Å². The zero-order chi connectivity index (χ0) is 12.0. The van der Waals surface area contributed by atoms with Crippen LogP contribution in [0.5, 0.6) is 5.75 Å². The second kappa shape index (κ2) is 6.81. The minimum absolute atomic E-state index is 0.413. The van der Waals surface area contributed by atoms with Crippen LogP contribution in [0.3, 0.4) is 0 Å². The third-order valence-corrected chi connectivity index (χ3v) is 3.13. The molecule has 0 amide bonds. The van der Waals surface area contributed by atoms with Crippen LogP contribution in [-0.4, -0.2) is 23.7 Å². The highest BCUT2D eigenvalue weighted by Crippen LogP contribution is 2.22. The normalized spacial score (nSPS) is 12.5. The van der Waals surface area contributed by atoms with Gasteiger partial charge in [-0.25, -0.2) is 0 Å². The molecule has 90 valence electrons. The van der Waals surface area contributed by atoms with Crippen LogP contribution in [0.2, 0.25) is 0 Å². The largest absolute Gasteiger partial charge is 0.493 e. The maximum atomic E-state index is 9.44. The summed E-state index contributed by atoms with van der Waals surface area (Å²) < 4.78 is 5.68. The van der Waals surface area contributed by atoms with Crippen LogP contribution in [0.4, 0.5) is 0 Å². The second-order valence-electron chi connectivity index (χ2n) is 3.90. The molecule has 3 heteroatoms. The van der Waals surface area contributed by atoms with Crippen LogP contribution in [0, 0.1) is 6.92 Å². The Hall–Kier alpha value is -0.670. The van der Waals surface area contributed by atoms with Gasteiger partial charge in [0.05, 0.1) is 12.7 Å². The Bertz CT molecular complexity index is 324. The first-order chi connectivity index (χ1) is 7.65. The summed E-state index contributed by atoms with van der Waals surface area (Å²) in [6, 6.07) is 5.84. The Morgan fingerprint density at radius 3 is 2.75 bits per heavy atom. The lowest BCUT2D eigenvalue weighted by Gasteiger charge is -2.11. The van der Waals surface area contributed by atoms with Gasteiger partial charge in [0.1, 0.15) is 5.75 Å². The van der Waals surface area contributed by atoms with E-state index >= 15 is 0 Å². The number of hydrogen-bond donors (Lipinski definition) is 1. The number of thioether (sulfide) groups is 1. The van der Waals surface area contributed by atoms with Crippen molar-refractivity contribution in [2.45, 2.75) is 26.4 Å². The fourth-order valence-electron chi connectivity index (χ4n) is 1.48. The first-order valence-electron chi connectivity index (χ1n) is 5.55. The first kappa shape index (κ1) is 13.4. The van der Waals surface area contributed by atoms with Gasteiger partial charge in [-0.15, -0.1) is 0 Å². The van der Waals surface area contributed by atoms with E-state index in [1.54, 1.807) is 6.92 Å². The monoisotopic (exact) mass is 240 g/mol. The predicted molar refractivity (Wildman–Crippen MR) is 70.3 cm³/mol. The summed E-state index contributed by atoms with van der Waals surface area (Å²) in [5, 5.41) is 9.44. The van der Waals surface area contributed by atoms with Gasteiger partial charge in [-0.05, 0) is 55.5 Å². The average Bonchev–Trinajstić information content (AvgIpc) is 2.26. The fraction of sp³-hybridized carbons (Fsp3) is 0.538. The molecule has 0 radical (unpaired) electrons. The first-order valence-corrected chi connectivity index (χ1v) is 6.95. The van der Waals surface area contributed by atoms with E-state index in [1.165, 1.54) is 0 Å². The van der Waals surface area contributed by atoms with E-state index in [1.807, 2.05) is 36.9 Å². The van der Waals surface area contributed by atoms with Gasteiger partial charge in [0.2, 0.25) is 0 Å². The predicted octanol–water partition coefficient (Wildman–Crippen LogP) is 3.18. The molecule has 0 bridgehead atoms. The maximum absolute atomic E-state index is 9.44. The van der Waals surface area contributed by atoms with E-state index in [4.69, 9.17) is 4.74 Å². The molecule has 1 atom stereocenters. The van der Waals surface area contributed by atoms with Gasteiger partial charge in [0, 0.05) is 0 Å². The molecule has 0 aliphatic carbocycles. The molecule has 0 fully saturated rings. The topological polar surface area (TPSA) is 29.5 Å². The van der Waals surface area contributed by atoms with Gasteiger partial charge in [-0.2, -0.15) is 11.8 Å². The van der Waals surface area contributed by atoms with E-state index in [0.29, 0.717) is 0 Å². The molecule has 1 aromatic carbocycles. The SMILES string of the molecule is CSCCCOc1ccc(C(C)O)cc1C. The van der Waals surface area contributed by atoms with Crippen molar-refractivity contribution in [3.63, 3.8) is 0 Å². The molecule has 0 aromatic heterocycles. The molecular formula is C13H20O2S. The lowest BCUT2D eigenvalue weighted by molar-refractivity contribution is 0.199. The van der Waals surface area contributed by atoms with Crippen LogP contribution in [0.15, 0.2) is 18.2 Å². The highest BCUT2D eigenvalue weighted by Gasteiger charge is 2.04. The van der Waals surface area contributed by atoms with Crippen LogP contribution < -0.4 is 4.74 Å². The zero-order valence-corrected chi connectivity index (χ0v) is 11.0. The summed E-state index contributed by atoms with van der Waals surface area (Å²) >= 11 is 1.83. The third-order valence-electron chi connectivity index (χ3n) is 2.43. The van der Waals surface area contributed by atoms with Crippen molar-refractivity contribution >= 4 is 11.8 Å². The van der Waals surface area contributed by atoms with Crippen molar-refractivity contribution in [1.82, 2.24) is 0 Å². The molecule has 1 unspecified atom stereocenters. The summed E-state index contributed by atoms with van der Waals surface area (Å²) in [7, 11) is 0. The van der Waals surface area contributed by atoms with Crippen molar-refractivity contribution in [2.75, 3.05) is 18.6 Å². The number of aliphatic hydroxyl groups is 1. The standard InChI is InChI=1S/C13H20O2S/c1-10-9-12(11(2)14)5-6-13(10)15-7-4-8-16-3/h5-6,9,11,14H,4,7-8H2,1-3H3. The Kier molecular flexibility index (Phi) is 5.71. The quantitative estimate of drug-likeness (QED) is 0.774. The number of benzene rings is 1. The number of aryl methyl sites for hydroxylation is 1.